The highest BCUT2D eigenvalue weighted by molar-refractivity contribution is 6.30. The van der Waals surface area contributed by atoms with E-state index in [1.807, 2.05) is 0 Å². The van der Waals surface area contributed by atoms with E-state index in [2.05, 4.69) is 5.48 Å². The van der Waals surface area contributed by atoms with E-state index in [-0.39, 0.29) is 11.8 Å². The quantitative estimate of drug-likeness (QED) is 0.881. The Morgan fingerprint density at radius 2 is 1.91 bits per heavy atom. The highest BCUT2D eigenvalue weighted by atomic mass is 35.5. The summed E-state index contributed by atoms with van der Waals surface area (Å²) in [5, 5.41) is 9.65. The Kier molecular flexibility index (Phi) is 4.28. The van der Waals surface area contributed by atoms with E-state index in [9.17, 15) is 9.59 Å². The third-order valence-electron chi connectivity index (χ3n) is 4.37. The monoisotopic (exact) mass is 336 g/mol. The number of halogens is 1. The van der Waals surface area contributed by atoms with Gasteiger partial charge in [0.25, 0.3) is 5.91 Å². The van der Waals surface area contributed by atoms with Gasteiger partial charge in [0.1, 0.15) is 6.26 Å². The molecule has 2 N–H and O–H groups in total. The van der Waals surface area contributed by atoms with E-state index in [1.165, 1.54) is 6.26 Å². The molecule has 0 bridgehead atoms. The van der Waals surface area contributed by atoms with Crippen LogP contribution in [0.4, 0.5) is 0 Å². The molecule has 6 nitrogen and oxygen atoms in total. The lowest BCUT2D eigenvalue weighted by atomic mass is 9.88. The van der Waals surface area contributed by atoms with E-state index in [4.69, 9.17) is 21.5 Å². The normalized spacial score (nSPS) is 24.5. The lowest BCUT2D eigenvalue weighted by Crippen LogP contribution is -2.54. The van der Waals surface area contributed by atoms with E-state index in [0.29, 0.717) is 31.0 Å². The van der Waals surface area contributed by atoms with Crippen molar-refractivity contribution in [1.82, 2.24) is 10.4 Å². The number of amides is 1. The van der Waals surface area contributed by atoms with E-state index >= 15 is 0 Å². The summed E-state index contributed by atoms with van der Waals surface area (Å²) in [5.74, 6) is -1.34. The Labute approximate surface area is 138 Å². The van der Waals surface area contributed by atoms with Crippen molar-refractivity contribution in [2.75, 3.05) is 13.1 Å². The second-order valence-electron chi connectivity index (χ2n) is 5.74. The molecule has 2 aliphatic heterocycles. The van der Waals surface area contributed by atoms with Gasteiger partial charge in [0, 0.05) is 18.1 Å². The summed E-state index contributed by atoms with van der Waals surface area (Å²) in [4.78, 5) is 30.9. The highest BCUT2D eigenvalue weighted by Gasteiger charge is 2.45. The molecule has 1 aromatic carbocycles. The number of rotatable bonds is 3. The number of nitrogens with zero attached hydrogens (tertiary/aromatic N) is 1. The van der Waals surface area contributed by atoms with Crippen molar-refractivity contribution in [2.24, 2.45) is 5.92 Å². The fourth-order valence-electron chi connectivity index (χ4n) is 2.98. The van der Waals surface area contributed by atoms with E-state index < -0.39 is 11.5 Å². The van der Waals surface area contributed by atoms with Gasteiger partial charge in [0.15, 0.2) is 5.54 Å². The number of piperidine rings is 1. The van der Waals surface area contributed by atoms with Crippen molar-refractivity contribution >= 4 is 23.5 Å². The number of benzene rings is 1. The van der Waals surface area contributed by atoms with Crippen molar-refractivity contribution in [3.63, 3.8) is 0 Å². The van der Waals surface area contributed by atoms with Gasteiger partial charge in [0.2, 0.25) is 0 Å². The van der Waals surface area contributed by atoms with Gasteiger partial charge in [-0.2, -0.15) is 0 Å². The second kappa shape index (κ2) is 6.22. The zero-order valence-electron chi connectivity index (χ0n) is 12.4. The topological polar surface area (TPSA) is 78.9 Å². The summed E-state index contributed by atoms with van der Waals surface area (Å²) in [7, 11) is 0. The first-order valence-electron chi connectivity index (χ1n) is 7.42. The lowest BCUT2D eigenvalue weighted by Gasteiger charge is -2.36. The van der Waals surface area contributed by atoms with Crippen molar-refractivity contribution < 1.29 is 19.5 Å². The SMILES string of the molecule is O=C(O)C1CCN(C(=O)C2(c3ccc(Cl)cc3)C=CON2)CC1. The van der Waals surface area contributed by atoms with Crippen LogP contribution in [0.25, 0.3) is 0 Å². The molecule has 0 radical (unpaired) electrons. The van der Waals surface area contributed by atoms with E-state index in [1.54, 1.807) is 35.2 Å². The van der Waals surface area contributed by atoms with Crippen molar-refractivity contribution in [3.05, 3.63) is 47.2 Å². The zero-order chi connectivity index (χ0) is 16.4. The first kappa shape index (κ1) is 15.8. The van der Waals surface area contributed by atoms with Gasteiger partial charge in [-0.25, -0.2) is 0 Å². The first-order valence-corrected chi connectivity index (χ1v) is 7.79. The van der Waals surface area contributed by atoms with Gasteiger partial charge >= 0.3 is 5.97 Å². The zero-order valence-corrected chi connectivity index (χ0v) is 13.1. The van der Waals surface area contributed by atoms with Crippen LogP contribution in [0.3, 0.4) is 0 Å². The van der Waals surface area contributed by atoms with Gasteiger partial charge in [-0.1, -0.05) is 23.7 Å². The summed E-state index contributed by atoms with van der Waals surface area (Å²) >= 11 is 5.92. The number of carboxylic acids is 1. The van der Waals surface area contributed by atoms with Gasteiger partial charge in [-0.05, 0) is 36.6 Å². The van der Waals surface area contributed by atoms with Crippen LogP contribution in [0.1, 0.15) is 18.4 Å². The number of likely N-dealkylation sites (tertiary alicyclic amines) is 1. The maximum absolute atomic E-state index is 13.0. The molecule has 0 aromatic heterocycles. The number of carbonyl (C=O) groups excluding carboxylic acids is 1. The van der Waals surface area contributed by atoms with Crippen LogP contribution >= 0.6 is 11.6 Å². The maximum Gasteiger partial charge on any atom is 0.306 e. The third-order valence-corrected chi connectivity index (χ3v) is 4.63. The predicted molar refractivity (Wildman–Crippen MR) is 83.4 cm³/mol. The summed E-state index contributed by atoms with van der Waals surface area (Å²) in [6, 6.07) is 6.99. The molecule has 1 atom stereocenters. The number of carbonyl (C=O) groups is 2. The summed E-state index contributed by atoms with van der Waals surface area (Å²) in [5.41, 5.74) is 2.40. The summed E-state index contributed by atoms with van der Waals surface area (Å²) < 4.78 is 0. The van der Waals surface area contributed by atoms with Crippen molar-refractivity contribution in [2.45, 2.75) is 18.4 Å². The van der Waals surface area contributed by atoms with Crippen LogP contribution in [0.2, 0.25) is 5.02 Å². The molecule has 0 saturated carbocycles. The molecule has 1 amide bonds. The van der Waals surface area contributed by atoms with Gasteiger partial charge in [-0.3, -0.25) is 9.59 Å². The molecule has 7 heteroatoms. The molecule has 0 aliphatic carbocycles. The largest absolute Gasteiger partial charge is 0.481 e. The molecule has 1 unspecified atom stereocenters. The minimum atomic E-state index is -1.10. The molecule has 2 aliphatic rings. The van der Waals surface area contributed by atoms with Gasteiger partial charge in [0.05, 0.1) is 5.92 Å². The molecule has 0 spiro atoms. The Bertz CT molecular complexity index is 638. The average molecular weight is 337 g/mol. The molecule has 3 rings (SSSR count). The first-order chi connectivity index (χ1) is 11.0. The van der Waals surface area contributed by atoms with Crippen LogP contribution in [0, 0.1) is 5.92 Å². The Morgan fingerprint density at radius 1 is 1.26 bits per heavy atom. The Balaban J connectivity index is 1.82. The number of hydrogen-bond donors (Lipinski definition) is 2. The van der Waals surface area contributed by atoms with Crippen LogP contribution in [0.5, 0.6) is 0 Å². The van der Waals surface area contributed by atoms with Crippen molar-refractivity contribution in [3.8, 4) is 0 Å². The summed E-state index contributed by atoms with van der Waals surface area (Å²) in [6.45, 7) is 0.835. The standard InChI is InChI=1S/C16H17ClN2O4/c17-13-3-1-12(2-4-13)16(7-10-23-18-16)15(22)19-8-5-11(6-9-19)14(20)21/h1-4,7,10-11,18H,5-6,8-9H2,(H,20,21). The Morgan fingerprint density at radius 3 is 2.43 bits per heavy atom. The molecule has 2 heterocycles. The molecule has 1 saturated heterocycles. The van der Waals surface area contributed by atoms with E-state index in [0.717, 1.165) is 5.56 Å². The number of hydrogen-bond acceptors (Lipinski definition) is 4. The van der Waals surface area contributed by atoms with Gasteiger partial charge < -0.3 is 14.8 Å². The predicted octanol–water partition coefficient (Wildman–Crippen LogP) is 1.91. The minimum absolute atomic E-state index is 0.155. The summed E-state index contributed by atoms with van der Waals surface area (Å²) in [6.07, 6.45) is 4.03. The second-order valence-corrected chi connectivity index (χ2v) is 6.18. The molecule has 1 fully saturated rings. The van der Waals surface area contributed by atoms with Gasteiger partial charge in [-0.15, -0.1) is 5.48 Å². The highest BCUT2D eigenvalue weighted by Crippen LogP contribution is 2.31. The lowest BCUT2D eigenvalue weighted by molar-refractivity contribution is -0.148. The molecular formula is C16H17ClN2O4. The van der Waals surface area contributed by atoms with Crippen LogP contribution < -0.4 is 5.48 Å². The van der Waals surface area contributed by atoms with Crippen LogP contribution in [-0.4, -0.2) is 35.0 Å². The molecular weight excluding hydrogens is 320 g/mol. The average Bonchev–Trinajstić information content (AvgIpc) is 3.06. The smallest absolute Gasteiger partial charge is 0.306 e. The molecule has 122 valence electrons. The fourth-order valence-corrected chi connectivity index (χ4v) is 3.11. The Hall–Kier alpha value is -2.05. The van der Waals surface area contributed by atoms with Crippen LogP contribution in [-0.2, 0) is 20.0 Å². The van der Waals surface area contributed by atoms with Crippen molar-refractivity contribution in [1.29, 1.82) is 0 Å². The third kappa shape index (κ3) is 2.92. The number of aliphatic carboxylic acids is 1. The maximum atomic E-state index is 13.0. The molecule has 1 aromatic rings. The van der Waals surface area contributed by atoms with Crippen LogP contribution in [0.15, 0.2) is 36.6 Å². The molecule has 23 heavy (non-hydrogen) atoms. The number of carboxylic acid groups (broad SMARTS) is 1. The number of nitrogens with one attached hydrogen (secondary N) is 1. The fraction of sp³-hybridized carbons (Fsp3) is 0.375. The minimum Gasteiger partial charge on any atom is -0.481 e. The number of hydroxylamine groups is 1.